The highest BCUT2D eigenvalue weighted by atomic mass is 35.5. The summed E-state index contributed by atoms with van der Waals surface area (Å²) in [6.07, 6.45) is 0. The maximum atomic E-state index is 13.9. The second-order valence-electron chi connectivity index (χ2n) is 6.42. The molecule has 0 saturated heterocycles. The van der Waals surface area contributed by atoms with Crippen molar-refractivity contribution in [1.29, 1.82) is 0 Å². The fourth-order valence-corrected chi connectivity index (χ4v) is 2.96. The normalized spacial score (nSPS) is 10.6. The van der Waals surface area contributed by atoms with Crippen molar-refractivity contribution in [3.8, 4) is 11.5 Å². The number of benzene rings is 3. The molecular formula is C23H23ClFNO2. The smallest absolute Gasteiger partial charge is 0.161 e. The van der Waals surface area contributed by atoms with Crippen LogP contribution in [0.15, 0.2) is 60.7 Å². The highest BCUT2D eigenvalue weighted by Gasteiger charge is 2.11. The molecule has 0 spiro atoms. The van der Waals surface area contributed by atoms with E-state index in [0.29, 0.717) is 35.2 Å². The Morgan fingerprint density at radius 3 is 2.46 bits per heavy atom. The number of anilines is 1. The molecule has 3 aromatic carbocycles. The van der Waals surface area contributed by atoms with Crippen molar-refractivity contribution in [2.45, 2.75) is 27.0 Å². The number of ether oxygens (including phenoxy) is 2. The van der Waals surface area contributed by atoms with E-state index < -0.39 is 0 Å². The van der Waals surface area contributed by atoms with E-state index in [1.807, 2.05) is 25.1 Å². The van der Waals surface area contributed by atoms with E-state index in [9.17, 15) is 4.39 Å². The monoisotopic (exact) mass is 399 g/mol. The van der Waals surface area contributed by atoms with Crippen LogP contribution in [0.1, 0.15) is 23.6 Å². The van der Waals surface area contributed by atoms with Crippen molar-refractivity contribution in [1.82, 2.24) is 0 Å². The van der Waals surface area contributed by atoms with Crippen LogP contribution >= 0.6 is 11.6 Å². The Labute approximate surface area is 170 Å². The summed E-state index contributed by atoms with van der Waals surface area (Å²) in [6.45, 7) is 5.17. The van der Waals surface area contributed by atoms with E-state index in [2.05, 4.69) is 36.5 Å². The van der Waals surface area contributed by atoms with Gasteiger partial charge in [0.15, 0.2) is 11.5 Å². The maximum Gasteiger partial charge on any atom is 0.161 e. The van der Waals surface area contributed by atoms with E-state index in [1.54, 1.807) is 12.1 Å². The van der Waals surface area contributed by atoms with E-state index in [1.165, 1.54) is 11.6 Å². The number of halogens is 2. The molecule has 3 rings (SSSR count). The molecule has 3 aromatic rings. The average Bonchev–Trinajstić information content (AvgIpc) is 2.68. The lowest BCUT2D eigenvalue weighted by Gasteiger charge is -2.15. The van der Waals surface area contributed by atoms with Crippen molar-refractivity contribution in [2.24, 2.45) is 0 Å². The number of aryl methyl sites for hydroxylation is 1. The zero-order valence-corrected chi connectivity index (χ0v) is 16.7. The van der Waals surface area contributed by atoms with Gasteiger partial charge in [-0.3, -0.25) is 0 Å². The topological polar surface area (TPSA) is 30.5 Å². The van der Waals surface area contributed by atoms with Crippen LogP contribution < -0.4 is 14.8 Å². The highest BCUT2D eigenvalue weighted by molar-refractivity contribution is 6.31. The van der Waals surface area contributed by atoms with Crippen molar-refractivity contribution in [3.63, 3.8) is 0 Å². The van der Waals surface area contributed by atoms with Crippen LogP contribution in [-0.2, 0) is 13.2 Å². The lowest BCUT2D eigenvalue weighted by atomic mass is 10.1. The van der Waals surface area contributed by atoms with Crippen LogP contribution in [0.5, 0.6) is 11.5 Å². The SMILES string of the molecule is CCOc1cc(CNc2ccc(C)cc2)ccc1OCc1c(F)cccc1Cl. The summed E-state index contributed by atoms with van der Waals surface area (Å²) < 4.78 is 25.5. The predicted octanol–water partition coefficient (Wildman–Crippen LogP) is 6.38. The molecule has 0 aliphatic carbocycles. The molecule has 0 aromatic heterocycles. The van der Waals surface area contributed by atoms with Gasteiger partial charge in [0.05, 0.1) is 11.6 Å². The summed E-state index contributed by atoms with van der Waals surface area (Å²) in [6, 6.07) is 18.6. The molecule has 1 N–H and O–H groups in total. The zero-order chi connectivity index (χ0) is 19.9. The van der Waals surface area contributed by atoms with Gasteiger partial charge in [0.2, 0.25) is 0 Å². The molecule has 0 aliphatic rings. The lowest BCUT2D eigenvalue weighted by molar-refractivity contribution is 0.265. The molecule has 3 nitrogen and oxygen atoms in total. The van der Waals surface area contributed by atoms with Crippen LogP contribution in [0.25, 0.3) is 0 Å². The van der Waals surface area contributed by atoms with Gasteiger partial charge in [-0.1, -0.05) is 41.4 Å². The minimum atomic E-state index is -0.385. The Morgan fingerprint density at radius 1 is 0.964 bits per heavy atom. The second kappa shape index (κ2) is 9.47. The minimum absolute atomic E-state index is 0.0343. The molecule has 28 heavy (non-hydrogen) atoms. The number of hydrogen-bond donors (Lipinski definition) is 1. The van der Waals surface area contributed by atoms with Crippen molar-refractivity contribution in [2.75, 3.05) is 11.9 Å². The number of rotatable bonds is 8. The Hall–Kier alpha value is -2.72. The van der Waals surface area contributed by atoms with Gasteiger partial charge in [0.1, 0.15) is 12.4 Å². The average molecular weight is 400 g/mol. The highest BCUT2D eigenvalue weighted by Crippen LogP contribution is 2.31. The molecule has 0 amide bonds. The quantitative estimate of drug-likeness (QED) is 0.477. The summed E-state index contributed by atoms with van der Waals surface area (Å²) in [5.74, 6) is 0.794. The molecule has 0 radical (unpaired) electrons. The predicted molar refractivity (Wildman–Crippen MR) is 112 cm³/mol. The molecule has 0 aliphatic heterocycles. The minimum Gasteiger partial charge on any atom is -0.490 e. The second-order valence-corrected chi connectivity index (χ2v) is 6.83. The van der Waals surface area contributed by atoms with E-state index >= 15 is 0 Å². The lowest BCUT2D eigenvalue weighted by Crippen LogP contribution is -2.04. The standard InChI is InChI=1S/C23H23ClFNO2/c1-3-27-23-13-17(14-26-18-10-7-16(2)8-11-18)9-12-22(23)28-15-19-20(24)5-4-6-21(19)25/h4-13,26H,3,14-15H2,1-2H3. The van der Waals surface area contributed by atoms with Crippen molar-refractivity contribution in [3.05, 3.63) is 88.2 Å². The molecule has 0 saturated carbocycles. The molecule has 0 atom stereocenters. The van der Waals surface area contributed by atoms with Gasteiger partial charge in [0.25, 0.3) is 0 Å². The first-order valence-electron chi connectivity index (χ1n) is 9.18. The van der Waals surface area contributed by atoms with E-state index in [-0.39, 0.29) is 12.4 Å². The molecule has 0 bridgehead atoms. The summed E-state index contributed by atoms with van der Waals surface area (Å²) in [5, 5.41) is 3.73. The first-order valence-corrected chi connectivity index (χ1v) is 9.56. The first-order chi connectivity index (χ1) is 13.6. The van der Waals surface area contributed by atoms with Gasteiger partial charge >= 0.3 is 0 Å². The van der Waals surface area contributed by atoms with Gasteiger partial charge in [-0.05, 0) is 55.8 Å². The summed E-state index contributed by atoms with van der Waals surface area (Å²) >= 11 is 6.07. The number of hydrogen-bond acceptors (Lipinski definition) is 3. The van der Waals surface area contributed by atoms with Crippen LogP contribution in [-0.4, -0.2) is 6.61 Å². The maximum absolute atomic E-state index is 13.9. The van der Waals surface area contributed by atoms with Gasteiger partial charge in [-0.15, -0.1) is 0 Å². The Morgan fingerprint density at radius 2 is 1.75 bits per heavy atom. The van der Waals surface area contributed by atoms with E-state index in [0.717, 1.165) is 11.3 Å². The number of nitrogens with one attached hydrogen (secondary N) is 1. The van der Waals surface area contributed by atoms with Gasteiger partial charge in [-0.2, -0.15) is 0 Å². The molecule has 0 heterocycles. The van der Waals surface area contributed by atoms with E-state index in [4.69, 9.17) is 21.1 Å². The van der Waals surface area contributed by atoms with Gasteiger partial charge in [0, 0.05) is 17.8 Å². The van der Waals surface area contributed by atoms with Crippen LogP contribution in [0.2, 0.25) is 5.02 Å². The fraction of sp³-hybridized carbons (Fsp3) is 0.217. The Bertz CT molecular complexity index is 908. The largest absolute Gasteiger partial charge is 0.490 e. The van der Waals surface area contributed by atoms with Crippen LogP contribution in [0, 0.1) is 12.7 Å². The van der Waals surface area contributed by atoms with Gasteiger partial charge < -0.3 is 14.8 Å². The van der Waals surface area contributed by atoms with Crippen LogP contribution in [0.3, 0.4) is 0 Å². The third-order valence-electron chi connectivity index (χ3n) is 4.29. The third-order valence-corrected chi connectivity index (χ3v) is 4.64. The molecule has 146 valence electrons. The third kappa shape index (κ3) is 5.17. The van der Waals surface area contributed by atoms with Gasteiger partial charge in [-0.25, -0.2) is 4.39 Å². The molecular weight excluding hydrogens is 377 g/mol. The zero-order valence-electron chi connectivity index (χ0n) is 16.0. The molecule has 0 fully saturated rings. The Balaban J connectivity index is 1.70. The summed E-state index contributed by atoms with van der Waals surface area (Å²) in [7, 11) is 0. The molecule has 0 unspecified atom stereocenters. The Kier molecular flexibility index (Phi) is 6.77. The molecule has 5 heteroatoms. The summed E-state index contributed by atoms with van der Waals surface area (Å²) in [5.41, 5.74) is 3.66. The van der Waals surface area contributed by atoms with Crippen LogP contribution in [0.4, 0.5) is 10.1 Å². The van der Waals surface area contributed by atoms with Crippen molar-refractivity contribution >= 4 is 17.3 Å². The fourth-order valence-electron chi connectivity index (χ4n) is 2.75. The first kappa shape index (κ1) is 20.0. The van der Waals surface area contributed by atoms with Crippen molar-refractivity contribution < 1.29 is 13.9 Å². The summed E-state index contributed by atoms with van der Waals surface area (Å²) in [4.78, 5) is 0.